The van der Waals surface area contributed by atoms with E-state index in [2.05, 4.69) is 39.9 Å². The lowest BCUT2D eigenvalue weighted by Gasteiger charge is -2.31. The van der Waals surface area contributed by atoms with Gasteiger partial charge in [0.25, 0.3) is 0 Å². The molecule has 0 aromatic rings. The summed E-state index contributed by atoms with van der Waals surface area (Å²) in [4.78, 5) is 0. The van der Waals surface area contributed by atoms with Crippen molar-refractivity contribution in [2.75, 3.05) is 6.61 Å². The fourth-order valence-corrected chi connectivity index (χ4v) is 3.81. The topological polar surface area (TPSA) is 21.3 Å². The van der Waals surface area contributed by atoms with Gasteiger partial charge in [-0.2, -0.15) is 0 Å². The summed E-state index contributed by atoms with van der Waals surface area (Å²) < 4.78 is 6.20. The minimum atomic E-state index is 0.214. The molecule has 106 valence electrons. The van der Waals surface area contributed by atoms with Crippen molar-refractivity contribution in [2.24, 2.45) is 11.8 Å². The quantitative estimate of drug-likeness (QED) is 0.827. The molecule has 1 saturated carbocycles. The predicted octanol–water partition coefficient (Wildman–Crippen LogP) is 3.75. The van der Waals surface area contributed by atoms with Gasteiger partial charge in [0.1, 0.15) is 0 Å². The number of ether oxygens (including phenoxy) is 1. The summed E-state index contributed by atoms with van der Waals surface area (Å²) in [7, 11) is 0. The number of rotatable bonds is 3. The fourth-order valence-electron chi connectivity index (χ4n) is 3.81. The van der Waals surface area contributed by atoms with E-state index in [1.165, 1.54) is 32.1 Å². The highest BCUT2D eigenvalue weighted by Crippen LogP contribution is 2.36. The summed E-state index contributed by atoms with van der Waals surface area (Å²) in [6.07, 6.45) is 6.99. The van der Waals surface area contributed by atoms with Gasteiger partial charge in [0, 0.05) is 17.0 Å². The molecule has 2 rings (SSSR count). The van der Waals surface area contributed by atoms with Gasteiger partial charge in [0.15, 0.2) is 0 Å². The van der Waals surface area contributed by atoms with Crippen LogP contribution in [0.15, 0.2) is 0 Å². The Bertz CT molecular complexity index is 277. The van der Waals surface area contributed by atoms with Crippen LogP contribution in [-0.2, 0) is 4.74 Å². The van der Waals surface area contributed by atoms with Gasteiger partial charge in [-0.25, -0.2) is 0 Å². The van der Waals surface area contributed by atoms with Crippen LogP contribution in [0, 0.1) is 11.8 Å². The molecule has 1 atom stereocenters. The van der Waals surface area contributed by atoms with Crippen molar-refractivity contribution in [1.29, 1.82) is 0 Å². The van der Waals surface area contributed by atoms with E-state index in [9.17, 15) is 0 Å². The second-order valence-corrected chi connectivity index (χ2v) is 7.85. The number of hydrogen-bond acceptors (Lipinski definition) is 2. The number of nitrogens with one attached hydrogen (secondary N) is 1. The van der Waals surface area contributed by atoms with Gasteiger partial charge in [-0.1, -0.05) is 6.92 Å². The van der Waals surface area contributed by atoms with E-state index in [0.717, 1.165) is 12.5 Å². The van der Waals surface area contributed by atoms with Crippen LogP contribution in [0.3, 0.4) is 0 Å². The van der Waals surface area contributed by atoms with Gasteiger partial charge < -0.3 is 10.1 Å². The van der Waals surface area contributed by atoms with E-state index in [4.69, 9.17) is 4.74 Å². The Morgan fingerprint density at radius 2 is 1.67 bits per heavy atom. The molecule has 1 aliphatic carbocycles. The molecule has 2 aliphatic rings. The Morgan fingerprint density at radius 3 is 2.17 bits per heavy atom. The van der Waals surface area contributed by atoms with Crippen molar-refractivity contribution >= 4 is 0 Å². The monoisotopic (exact) mass is 253 g/mol. The number of hydrogen-bond donors (Lipinski definition) is 1. The first kappa shape index (κ1) is 14.3. The van der Waals surface area contributed by atoms with Gasteiger partial charge >= 0.3 is 0 Å². The highest BCUT2D eigenvalue weighted by Gasteiger charge is 2.44. The lowest BCUT2D eigenvalue weighted by molar-refractivity contribution is -0.00788. The predicted molar refractivity (Wildman–Crippen MR) is 76.8 cm³/mol. The fraction of sp³-hybridized carbons (Fsp3) is 1.00. The third-order valence-corrected chi connectivity index (χ3v) is 4.93. The Morgan fingerprint density at radius 1 is 1.06 bits per heavy atom. The normalized spacial score (nSPS) is 38.8. The first-order valence-corrected chi connectivity index (χ1v) is 7.69. The zero-order valence-electron chi connectivity index (χ0n) is 12.9. The third kappa shape index (κ3) is 3.48. The van der Waals surface area contributed by atoms with Gasteiger partial charge in [-0.3, -0.25) is 0 Å². The molecule has 0 amide bonds. The molecule has 1 unspecified atom stereocenters. The summed E-state index contributed by atoms with van der Waals surface area (Å²) in [5.74, 6) is 1.56. The molecular weight excluding hydrogens is 222 g/mol. The lowest BCUT2D eigenvalue weighted by Crippen LogP contribution is -2.46. The summed E-state index contributed by atoms with van der Waals surface area (Å²) in [6.45, 7) is 12.5. The maximum atomic E-state index is 6.20. The molecule has 1 N–H and O–H groups in total. The van der Waals surface area contributed by atoms with Crippen LogP contribution in [-0.4, -0.2) is 23.8 Å². The first-order valence-electron chi connectivity index (χ1n) is 7.69. The maximum Gasteiger partial charge on any atom is 0.0575 e. The molecule has 2 fully saturated rings. The molecule has 0 bridgehead atoms. The van der Waals surface area contributed by atoms with Crippen molar-refractivity contribution in [2.45, 2.75) is 83.9 Å². The van der Waals surface area contributed by atoms with Crippen LogP contribution in [0.4, 0.5) is 0 Å². The molecule has 0 spiro atoms. The van der Waals surface area contributed by atoms with E-state index in [1.54, 1.807) is 0 Å². The van der Waals surface area contributed by atoms with Gasteiger partial charge in [0.05, 0.1) is 12.7 Å². The molecule has 2 heteroatoms. The van der Waals surface area contributed by atoms with Crippen LogP contribution in [0.1, 0.15) is 66.7 Å². The van der Waals surface area contributed by atoms with Crippen molar-refractivity contribution in [3.63, 3.8) is 0 Å². The van der Waals surface area contributed by atoms with E-state index >= 15 is 0 Å². The van der Waals surface area contributed by atoms with Crippen LogP contribution in [0.25, 0.3) is 0 Å². The van der Waals surface area contributed by atoms with Crippen molar-refractivity contribution in [1.82, 2.24) is 5.32 Å². The van der Waals surface area contributed by atoms with E-state index in [0.29, 0.717) is 12.0 Å². The van der Waals surface area contributed by atoms with Gasteiger partial charge in [0.2, 0.25) is 0 Å². The van der Waals surface area contributed by atoms with E-state index in [1.807, 2.05) is 0 Å². The second-order valence-electron chi connectivity index (χ2n) is 7.85. The maximum absolute atomic E-state index is 6.20. The van der Waals surface area contributed by atoms with E-state index in [-0.39, 0.29) is 11.1 Å². The molecule has 2 nitrogen and oxygen atoms in total. The molecule has 0 radical (unpaired) electrons. The molecule has 0 aromatic heterocycles. The minimum absolute atomic E-state index is 0.214. The summed E-state index contributed by atoms with van der Waals surface area (Å²) in [5.41, 5.74) is 0.476. The average molecular weight is 253 g/mol. The van der Waals surface area contributed by atoms with Crippen molar-refractivity contribution in [3.05, 3.63) is 0 Å². The van der Waals surface area contributed by atoms with Crippen LogP contribution >= 0.6 is 0 Å². The van der Waals surface area contributed by atoms with Gasteiger partial charge in [-0.15, -0.1) is 0 Å². The molecule has 1 saturated heterocycles. The highest BCUT2D eigenvalue weighted by atomic mass is 16.5. The molecule has 1 aliphatic heterocycles. The Hall–Kier alpha value is -0.0800. The largest absolute Gasteiger partial charge is 0.378 e. The van der Waals surface area contributed by atoms with Crippen molar-refractivity contribution < 1.29 is 4.74 Å². The minimum Gasteiger partial charge on any atom is -0.378 e. The molecule has 0 aromatic carbocycles. The smallest absolute Gasteiger partial charge is 0.0575 e. The highest BCUT2D eigenvalue weighted by molar-refractivity contribution is 5.02. The second kappa shape index (κ2) is 5.13. The summed E-state index contributed by atoms with van der Waals surface area (Å²) in [6, 6.07) is 0. The summed E-state index contributed by atoms with van der Waals surface area (Å²) in [5, 5.41) is 3.73. The molecule has 18 heavy (non-hydrogen) atoms. The van der Waals surface area contributed by atoms with Crippen LogP contribution in [0.5, 0.6) is 0 Å². The average Bonchev–Trinajstić information content (AvgIpc) is 2.45. The van der Waals surface area contributed by atoms with Crippen LogP contribution < -0.4 is 5.32 Å². The van der Waals surface area contributed by atoms with Gasteiger partial charge in [-0.05, 0) is 65.7 Å². The zero-order chi connectivity index (χ0) is 13.4. The zero-order valence-corrected chi connectivity index (χ0v) is 12.9. The first-order chi connectivity index (χ1) is 8.28. The summed E-state index contributed by atoms with van der Waals surface area (Å²) >= 11 is 0. The molecule has 1 heterocycles. The standard InChI is InChI=1S/C16H31NO/c1-12-6-8-14(9-7-12)18-11-13-10-15(2,3)17-16(13,4)5/h12-14,17H,6-11H2,1-5H3. The van der Waals surface area contributed by atoms with Crippen LogP contribution in [0.2, 0.25) is 0 Å². The third-order valence-electron chi connectivity index (χ3n) is 4.93. The SMILES string of the molecule is CC1CCC(OCC2CC(C)(C)NC2(C)C)CC1. The Kier molecular flexibility index (Phi) is 4.08. The van der Waals surface area contributed by atoms with E-state index < -0.39 is 0 Å². The lowest BCUT2D eigenvalue weighted by atomic mass is 9.87. The molecular formula is C16H31NO. The Balaban J connectivity index is 1.80. The van der Waals surface area contributed by atoms with Crippen molar-refractivity contribution in [3.8, 4) is 0 Å². The Labute approximate surface area is 113 Å².